The number of carbonyl (C=O) groups is 1. The molecule has 0 aliphatic carbocycles. The fraction of sp³-hybridized carbons (Fsp3) is 0.500. The molecule has 4 heteroatoms. The summed E-state index contributed by atoms with van der Waals surface area (Å²) < 4.78 is 4.61. The van der Waals surface area contributed by atoms with E-state index in [0.29, 0.717) is 0 Å². The molecule has 0 bridgehead atoms. The third-order valence-electron chi connectivity index (χ3n) is 3.34. The minimum atomic E-state index is -0.323. The maximum atomic E-state index is 11.1. The summed E-state index contributed by atoms with van der Waals surface area (Å²) in [5, 5.41) is 2.87. The number of alkyl carbamates (subject to hydrolysis) is 1. The second kappa shape index (κ2) is 6.40. The van der Waals surface area contributed by atoms with E-state index >= 15 is 0 Å². The Balaban J connectivity index is 1.75. The quantitative estimate of drug-likeness (QED) is 0.889. The van der Waals surface area contributed by atoms with E-state index in [2.05, 4.69) is 39.2 Å². The average molecular weight is 248 g/mol. The molecule has 1 saturated heterocycles. The second-order valence-electron chi connectivity index (χ2n) is 4.67. The number of methoxy groups -OCH3 is 1. The lowest BCUT2D eigenvalue weighted by molar-refractivity contribution is 0.150. The fourth-order valence-electron chi connectivity index (χ4n) is 2.30. The molecule has 0 atom stereocenters. The molecule has 1 aromatic carbocycles. The van der Waals surface area contributed by atoms with E-state index in [1.54, 1.807) is 0 Å². The highest BCUT2D eigenvalue weighted by molar-refractivity contribution is 5.67. The molecule has 0 radical (unpaired) electrons. The maximum Gasteiger partial charge on any atom is 0.407 e. The number of hydrogen-bond donors (Lipinski definition) is 1. The molecule has 1 amide bonds. The van der Waals surface area contributed by atoms with Gasteiger partial charge < -0.3 is 10.1 Å². The van der Waals surface area contributed by atoms with Gasteiger partial charge in [0.25, 0.3) is 0 Å². The number of nitrogens with one attached hydrogen (secondary N) is 1. The maximum absolute atomic E-state index is 11.1. The Morgan fingerprint density at radius 3 is 2.61 bits per heavy atom. The summed E-state index contributed by atoms with van der Waals surface area (Å²) in [4.78, 5) is 13.5. The Kier molecular flexibility index (Phi) is 4.59. The van der Waals surface area contributed by atoms with Crippen molar-refractivity contribution in [1.82, 2.24) is 10.2 Å². The van der Waals surface area contributed by atoms with Gasteiger partial charge in [0.15, 0.2) is 0 Å². The predicted molar refractivity (Wildman–Crippen MR) is 70.3 cm³/mol. The summed E-state index contributed by atoms with van der Waals surface area (Å²) in [5.41, 5.74) is 1.34. The minimum Gasteiger partial charge on any atom is -0.453 e. The van der Waals surface area contributed by atoms with Crippen LogP contribution in [0.2, 0.25) is 0 Å². The zero-order valence-corrected chi connectivity index (χ0v) is 10.8. The van der Waals surface area contributed by atoms with Crippen LogP contribution in [0.15, 0.2) is 30.3 Å². The van der Waals surface area contributed by atoms with Crippen LogP contribution < -0.4 is 5.32 Å². The van der Waals surface area contributed by atoms with E-state index < -0.39 is 0 Å². The van der Waals surface area contributed by atoms with Crippen molar-refractivity contribution in [2.45, 2.75) is 25.4 Å². The van der Waals surface area contributed by atoms with Gasteiger partial charge in [-0.05, 0) is 18.4 Å². The van der Waals surface area contributed by atoms with Crippen LogP contribution in [0.3, 0.4) is 0 Å². The van der Waals surface area contributed by atoms with E-state index in [-0.39, 0.29) is 12.1 Å². The first-order chi connectivity index (χ1) is 8.78. The standard InChI is InChI=1S/C14H20N2O2/c1-18-14(17)15-13-7-9-16(10-8-13)11-12-5-3-2-4-6-12/h2-6,13H,7-11H2,1H3,(H,15,17). The third-order valence-corrected chi connectivity index (χ3v) is 3.34. The summed E-state index contributed by atoms with van der Waals surface area (Å²) in [6.07, 6.45) is 1.65. The third kappa shape index (κ3) is 3.74. The van der Waals surface area contributed by atoms with Crippen LogP contribution in [-0.2, 0) is 11.3 Å². The van der Waals surface area contributed by atoms with Crippen molar-refractivity contribution in [3.05, 3.63) is 35.9 Å². The fourth-order valence-corrected chi connectivity index (χ4v) is 2.30. The number of carbonyl (C=O) groups excluding carboxylic acids is 1. The lowest BCUT2D eigenvalue weighted by Crippen LogP contribution is -2.44. The largest absolute Gasteiger partial charge is 0.453 e. The lowest BCUT2D eigenvalue weighted by Gasteiger charge is -2.32. The molecule has 1 N–H and O–H groups in total. The molecule has 0 saturated carbocycles. The highest BCUT2D eigenvalue weighted by Gasteiger charge is 2.20. The smallest absolute Gasteiger partial charge is 0.407 e. The molecule has 1 fully saturated rings. The summed E-state index contributed by atoms with van der Waals surface area (Å²) in [7, 11) is 1.40. The summed E-state index contributed by atoms with van der Waals surface area (Å²) >= 11 is 0. The molecule has 1 aliphatic heterocycles. The lowest BCUT2D eigenvalue weighted by atomic mass is 10.0. The minimum absolute atomic E-state index is 0.254. The van der Waals surface area contributed by atoms with Gasteiger partial charge in [-0.3, -0.25) is 4.90 Å². The van der Waals surface area contributed by atoms with Gasteiger partial charge in [0.05, 0.1) is 7.11 Å². The SMILES string of the molecule is COC(=O)NC1CCN(Cc2ccccc2)CC1. The molecule has 0 spiro atoms. The van der Waals surface area contributed by atoms with Gasteiger partial charge in [-0.25, -0.2) is 4.79 Å². The predicted octanol–water partition coefficient (Wildman–Crippen LogP) is 2.01. The summed E-state index contributed by atoms with van der Waals surface area (Å²) in [6.45, 7) is 3.03. The normalized spacial score (nSPS) is 17.4. The monoisotopic (exact) mass is 248 g/mol. The second-order valence-corrected chi connectivity index (χ2v) is 4.67. The highest BCUT2D eigenvalue weighted by atomic mass is 16.5. The van der Waals surface area contributed by atoms with Gasteiger partial charge in [0.1, 0.15) is 0 Å². The number of ether oxygens (including phenoxy) is 1. The number of rotatable bonds is 3. The molecule has 1 aromatic rings. The van der Waals surface area contributed by atoms with E-state index in [0.717, 1.165) is 32.5 Å². The topological polar surface area (TPSA) is 41.6 Å². The van der Waals surface area contributed by atoms with Gasteiger partial charge in [-0.2, -0.15) is 0 Å². The van der Waals surface area contributed by atoms with Crippen molar-refractivity contribution < 1.29 is 9.53 Å². The van der Waals surface area contributed by atoms with Crippen LogP contribution >= 0.6 is 0 Å². The van der Waals surface area contributed by atoms with Crippen molar-refractivity contribution in [2.75, 3.05) is 20.2 Å². The molecule has 4 nitrogen and oxygen atoms in total. The summed E-state index contributed by atoms with van der Waals surface area (Å²) in [5.74, 6) is 0. The van der Waals surface area contributed by atoms with Gasteiger partial charge >= 0.3 is 6.09 Å². The first-order valence-corrected chi connectivity index (χ1v) is 6.38. The summed E-state index contributed by atoms with van der Waals surface area (Å²) in [6, 6.07) is 10.7. The Labute approximate surface area is 108 Å². The zero-order valence-electron chi connectivity index (χ0n) is 10.8. The molecule has 0 aromatic heterocycles. The number of hydrogen-bond acceptors (Lipinski definition) is 3. The van der Waals surface area contributed by atoms with Crippen molar-refractivity contribution in [1.29, 1.82) is 0 Å². The Hall–Kier alpha value is -1.55. The van der Waals surface area contributed by atoms with Gasteiger partial charge in [0, 0.05) is 25.7 Å². The van der Waals surface area contributed by atoms with Crippen LogP contribution in [0.25, 0.3) is 0 Å². The van der Waals surface area contributed by atoms with Crippen LogP contribution in [0.5, 0.6) is 0 Å². The van der Waals surface area contributed by atoms with Crippen molar-refractivity contribution in [3.63, 3.8) is 0 Å². The number of piperidine rings is 1. The molecular formula is C14H20N2O2. The van der Waals surface area contributed by atoms with Crippen LogP contribution in [0, 0.1) is 0 Å². The van der Waals surface area contributed by atoms with Crippen molar-refractivity contribution >= 4 is 6.09 Å². The van der Waals surface area contributed by atoms with Crippen LogP contribution in [0.4, 0.5) is 4.79 Å². The molecular weight excluding hydrogens is 228 g/mol. The van der Waals surface area contributed by atoms with Gasteiger partial charge in [-0.15, -0.1) is 0 Å². The molecule has 0 unspecified atom stereocenters. The molecule has 1 aliphatic rings. The Morgan fingerprint density at radius 1 is 1.33 bits per heavy atom. The average Bonchev–Trinajstić information content (AvgIpc) is 2.42. The van der Waals surface area contributed by atoms with E-state index in [9.17, 15) is 4.79 Å². The number of amides is 1. The number of benzene rings is 1. The molecule has 1 heterocycles. The highest BCUT2D eigenvalue weighted by Crippen LogP contribution is 2.13. The van der Waals surface area contributed by atoms with Crippen LogP contribution in [-0.4, -0.2) is 37.2 Å². The molecule has 98 valence electrons. The van der Waals surface area contributed by atoms with Crippen molar-refractivity contribution in [2.24, 2.45) is 0 Å². The van der Waals surface area contributed by atoms with E-state index in [1.807, 2.05) is 6.07 Å². The Morgan fingerprint density at radius 2 is 2.00 bits per heavy atom. The molecule has 2 rings (SSSR count). The van der Waals surface area contributed by atoms with E-state index in [4.69, 9.17) is 0 Å². The first kappa shape index (κ1) is 12.9. The molecule has 18 heavy (non-hydrogen) atoms. The van der Waals surface area contributed by atoms with Crippen LogP contribution in [0.1, 0.15) is 18.4 Å². The first-order valence-electron chi connectivity index (χ1n) is 6.38. The van der Waals surface area contributed by atoms with Crippen molar-refractivity contribution in [3.8, 4) is 0 Å². The Bertz CT molecular complexity index is 373. The van der Waals surface area contributed by atoms with Gasteiger partial charge in [0.2, 0.25) is 0 Å². The van der Waals surface area contributed by atoms with Gasteiger partial charge in [-0.1, -0.05) is 30.3 Å². The zero-order chi connectivity index (χ0) is 12.8. The number of nitrogens with zero attached hydrogens (tertiary/aromatic N) is 1. The number of likely N-dealkylation sites (tertiary alicyclic amines) is 1. The van der Waals surface area contributed by atoms with E-state index in [1.165, 1.54) is 12.7 Å².